The van der Waals surface area contributed by atoms with E-state index in [9.17, 15) is 19.2 Å². The SMILES string of the molecule is Cc1cc2[nH]c(=O)c(C(=O)O)nc2cc1-n1cnc(CNC(=O)Nc2ccc(C(=O)O)cc2)c1. The summed E-state index contributed by atoms with van der Waals surface area (Å²) in [7, 11) is 0. The highest BCUT2D eigenvalue weighted by Gasteiger charge is 2.14. The molecule has 0 fully saturated rings. The summed E-state index contributed by atoms with van der Waals surface area (Å²) < 4.78 is 1.70. The van der Waals surface area contributed by atoms with Crippen molar-refractivity contribution < 1.29 is 24.6 Å². The molecule has 0 saturated heterocycles. The van der Waals surface area contributed by atoms with Gasteiger partial charge in [-0.3, -0.25) is 4.79 Å². The van der Waals surface area contributed by atoms with Gasteiger partial charge >= 0.3 is 18.0 Å². The van der Waals surface area contributed by atoms with Gasteiger partial charge in [-0.2, -0.15) is 0 Å². The zero-order valence-corrected chi connectivity index (χ0v) is 17.7. The molecule has 2 heterocycles. The van der Waals surface area contributed by atoms with E-state index in [0.29, 0.717) is 28.1 Å². The smallest absolute Gasteiger partial charge is 0.360 e. The maximum atomic E-state index is 12.1. The van der Waals surface area contributed by atoms with E-state index in [1.807, 2.05) is 6.92 Å². The number of aryl methyl sites for hydroxylation is 1. The molecule has 2 aromatic carbocycles. The number of rotatable bonds is 6. The first-order valence-electron chi connectivity index (χ1n) is 9.90. The molecule has 0 spiro atoms. The number of aromatic carboxylic acids is 2. The fourth-order valence-corrected chi connectivity index (χ4v) is 3.28. The van der Waals surface area contributed by atoms with Gasteiger partial charge in [0.15, 0.2) is 0 Å². The number of imidazole rings is 1. The second-order valence-corrected chi connectivity index (χ2v) is 7.34. The number of nitrogens with one attached hydrogen (secondary N) is 3. The number of benzene rings is 2. The van der Waals surface area contributed by atoms with Gasteiger partial charge in [-0.15, -0.1) is 0 Å². The minimum atomic E-state index is -1.42. The number of urea groups is 1. The molecule has 4 rings (SSSR count). The Morgan fingerprint density at radius 3 is 2.50 bits per heavy atom. The van der Waals surface area contributed by atoms with Gasteiger partial charge in [-0.05, 0) is 48.9 Å². The molecular weight excluding hydrogens is 444 g/mol. The van der Waals surface area contributed by atoms with E-state index in [2.05, 4.69) is 25.6 Å². The van der Waals surface area contributed by atoms with Crippen LogP contribution >= 0.6 is 0 Å². The number of carbonyl (C=O) groups excluding carboxylic acids is 1. The Hall–Kier alpha value is -5.00. The average molecular weight is 462 g/mol. The number of carboxylic acid groups (broad SMARTS) is 2. The standard InChI is InChI=1S/C22H18N6O6/c1-11-6-15-16(26-18(21(32)33)19(29)27-15)7-17(11)28-9-14(24-10-28)8-23-22(34)25-13-4-2-12(3-5-13)20(30)31/h2-7,9-10H,8H2,1H3,(H,27,29)(H,30,31)(H,32,33)(H2,23,25,34). The molecule has 0 radical (unpaired) electrons. The van der Waals surface area contributed by atoms with Crippen LogP contribution in [-0.4, -0.2) is 47.7 Å². The summed E-state index contributed by atoms with van der Waals surface area (Å²) in [6.45, 7) is 1.94. The number of carbonyl (C=O) groups is 3. The summed E-state index contributed by atoms with van der Waals surface area (Å²) >= 11 is 0. The fourth-order valence-electron chi connectivity index (χ4n) is 3.28. The monoisotopic (exact) mass is 462 g/mol. The molecule has 0 atom stereocenters. The number of nitrogens with zero attached hydrogens (tertiary/aromatic N) is 3. The van der Waals surface area contributed by atoms with E-state index in [4.69, 9.17) is 10.2 Å². The van der Waals surface area contributed by atoms with Gasteiger partial charge in [0.25, 0.3) is 5.56 Å². The number of hydrogen-bond acceptors (Lipinski definition) is 6. The van der Waals surface area contributed by atoms with Gasteiger partial charge in [-0.25, -0.2) is 24.4 Å². The van der Waals surface area contributed by atoms with Crippen LogP contribution in [0, 0.1) is 6.92 Å². The lowest BCUT2D eigenvalue weighted by Crippen LogP contribution is -2.28. The summed E-state index contributed by atoms with van der Waals surface area (Å²) in [4.78, 5) is 56.8. The van der Waals surface area contributed by atoms with Crippen molar-refractivity contribution in [1.82, 2.24) is 24.8 Å². The van der Waals surface area contributed by atoms with Gasteiger partial charge in [0, 0.05) is 11.9 Å². The summed E-state index contributed by atoms with van der Waals surface area (Å²) in [5.74, 6) is -2.47. The molecule has 4 aromatic rings. The predicted octanol–water partition coefficient (Wildman–Crippen LogP) is 2.14. The van der Waals surface area contributed by atoms with E-state index in [1.165, 1.54) is 30.6 Å². The van der Waals surface area contributed by atoms with Crippen LogP contribution in [-0.2, 0) is 6.54 Å². The molecule has 12 heteroatoms. The number of hydrogen-bond donors (Lipinski definition) is 5. The van der Waals surface area contributed by atoms with Crippen molar-refractivity contribution >= 4 is 34.7 Å². The number of anilines is 1. The van der Waals surface area contributed by atoms with Crippen molar-refractivity contribution in [2.75, 3.05) is 5.32 Å². The topological polar surface area (TPSA) is 179 Å². The third kappa shape index (κ3) is 4.60. The van der Waals surface area contributed by atoms with Crippen LogP contribution in [0.2, 0.25) is 0 Å². The zero-order valence-electron chi connectivity index (χ0n) is 17.7. The van der Waals surface area contributed by atoms with E-state index >= 15 is 0 Å². The van der Waals surface area contributed by atoms with Crippen molar-refractivity contribution in [3.8, 4) is 5.69 Å². The van der Waals surface area contributed by atoms with E-state index < -0.39 is 29.2 Å². The van der Waals surface area contributed by atoms with Crippen molar-refractivity contribution in [1.29, 1.82) is 0 Å². The number of amides is 2. The number of carboxylic acids is 2. The van der Waals surface area contributed by atoms with Crippen LogP contribution < -0.4 is 16.2 Å². The Labute approximate surface area is 190 Å². The Kier molecular flexibility index (Phi) is 5.79. The molecule has 0 aliphatic heterocycles. The molecule has 0 aliphatic rings. The Balaban J connectivity index is 1.47. The molecule has 0 aliphatic carbocycles. The molecule has 172 valence electrons. The molecule has 0 saturated carbocycles. The highest BCUT2D eigenvalue weighted by atomic mass is 16.4. The van der Waals surface area contributed by atoms with Crippen molar-refractivity contribution in [3.05, 3.63) is 81.8 Å². The van der Waals surface area contributed by atoms with Crippen LogP contribution in [0.3, 0.4) is 0 Å². The lowest BCUT2D eigenvalue weighted by Gasteiger charge is -2.09. The molecule has 34 heavy (non-hydrogen) atoms. The van der Waals surface area contributed by atoms with Crippen LogP contribution in [0.4, 0.5) is 10.5 Å². The number of aromatic amines is 1. The molecule has 0 bridgehead atoms. The second-order valence-electron chi connectivity index (χ2n) is 7.34. The quantitative estimate of drug-likeness (QED) is 0.289. The first kappa shape index (κ1) is 22.2. The minimum absolute atomic E-state index is 0.112. The van der Waals surface area contributed by atoms with Crippen LogP contribution in [0.5, 0.6) is 0 Å². The average Bonchev–Trinajstić information content (AvgIpc) is 3.26. The van der Waals surface area contributed by atoms with Crippen LogP contribution in [0.25, 0.3) is 16.7 Å². The first-order valence-corrected chi connectivity index (χ1v) is 9.90. The fraction of sp³-hybridized carbons (Fsp3) is 0.0909. The molecule has 2 aromatic heterocycles. The largest absolute Gasteiger partial charge is 0.478 e. The molecule has 0 unspecified atom stereocenters. The predicted molar refractivity (Wildman–Crippen MR) is 120 cm³/mol. The summed E-state index contributed by atoms with van der Waals surface area (Å²) in [5.41, 5.74) is 1.90. The Bertz CT molecular complexity index is 1490. The lowest BCUT2D eigenvalue weighted by atomic mass is 10.1. The van der Waals surface area contributed by atoms with Gasteiger partial charge < -0.3 is 30.4 Å². The Morgan fingerprint density at radius 2 is 1.82 bits per heavy atom. The van der Waals surface area contributed by atoms with Crippen molar-refractivity contribution in [2.45, 2.75) is 13.5 Å². The lowest BCUT2D eigenvalue weighted by molar-refractivity contribution is 0.0681. The molecule has 5 N–H and O–H groups in total. The Morgan fingerprint density at radius 1 is 1.09 bits per heavy atom. The third-order valence-electron chi connectivity index (χ3n) is 4.95. The third-order valence-corrected chi connectivity index (χ3v) is 4.95. The second kappa shape index (κ2) is 8.86. The number of fused-ring (bicyclic) bond motifs is 1. The molecule has 12 nitrogen and oxygen atoms in total. The van der Waals surface area contributed by atoms with E-state index in [1.54, 1.807) is 22.9 Å². The van der Waals surface area contributed by atoms with Gasteiger partial charge in [0.1, 0.15) is 0 Å². The maximum Gasteiger partial charge on any atom is 0.360 e. The van der Waals surface area contributed by atoms with Gasteiger partial charge in [0.05, 0.1) is 40.9 Å². The zero-order chi connectivity index (χ0) is 24.4. The van der Waals surface area contributed by atoms with Crippen LogP contribution in [0.1, 0.15) is 32.1 Å². The van der Waals surface area contributed by atoms with Gasteiger partial charge in [-0.1, -0.05) is 0 Å². The van der Waals surface area contributed by atoms with Crippen LogP contribution in [0.15, 0.2) is 53.7 Å². The van der Waals surface area contributed by atoms with E-state index in [0.717, 1.165) is 5.56 Å². The maximum absolute atomic E-state index is 12.1. The number of H-pyrrole nitrogens is 1. The summed E-state index contributed by atoms with van der Waals surface area (Å²) in [6.07, 6.45) is 3.23. The highest BCUT2D eigenvalue weighted by Crippen LogP contribution is 2.20. The van der Waals surface area contributed by atoms with Crippen molar-refractivity contribution in [2.24, 2.45) is 0 Å². The first-order chi connectivity index (χ1) is 16.2. The molecular formula is C22H18N6O6. The number of aromatic nitrogens is 4. The van der Waals surface area contributed by atoms with Gasteiger partial charge in [0.2, 0.25) is 5.69 Å². The minimum Gasteiger partial charge on any atom is -0.478 e. The molecule has 2 amide bonds. The summed E-state index contributed by atoms with van der Waals surface area (Å²) in [6, 6.07) is 8.57. The highest BCUT2D eigenvalue weighted by molar-refractivity contribution is 5.91. The summed E-state index contributed by atoms with van der Waals surface area (Å²) in [5, 5.41) is 23.3. The normalized spacial score (nSPS) is 10.7. The van der Waals surface area contributed by atoms with E-state index in [-0.39, 0.29) is 12.1 Å². The van der Waals surface area contributed by atoms with Crippen molar-refractivity contribution in [3.63, 3.8) is 0 Å².